The molecule has 0 aliphatic rings. The van der Waals surface area contributed by atoms with Crippen molar-refractivity contribution < 1.29 is 0 Å². The first-order valence-corrected chi connectivity index (χ1v) is 2.13. The molecule has 0 aliphatic heterocycles. The van der Waals surface area contributed by atoms with Crippen molar-refractivity contribution in [2.45, 2.75) is 0 Å². The van der Waals surface area contributed by atoms with Crippen LogP contribution in [0.5, 0.6) is 0 Å². The van der Waals surface area contributed by atoms with Gasteiger partial charge in [0.2, 0.25) is 0 Å². The minimum atomic E-state index is 0.142. The van der Waals surface area contributed by atoms with Crippen LogP contribution in [0, 0.1) is 0 Å². The molecule has 0 saturated carbocycles. The normalized spacial score (nSPS) is 9.60. The van der Waals surface area contributed by atoms with Crippen molar-refractivity contribution in [2.75, 3.05) is 6.00 Å². The molecule has 0 rings (SSSR count). The van der Waals surface area contributed by atoms with Crippen LogP contribution in [0.25, 0.3) is 0 Å². The van der Waals surface area contributed by atoms with Gasteiger partial charge in [-0.05, 0) is 23.6 Å². The maximum Gasteiger partial charge on any atom is 0.105 e. The van der Waals surface area contributed by atoms with Gasteiger partial charge in [-0.2, -0.15) is 0 Å². The molecule has 0 N–H and O–H groups in total. The van der Waals surface area contributed by atoms with Crippen LogP contribution >= 0.6 is 35.2 Å². The Morgan fingerprint density at radius 3 is 1.60 bits per heavy atom. The van der Waals surface area contributed by atoms with Crippen molar-refractivity contribution in [1.82, 2.24) is 3.94 Å². The van der Waals surface area contributed by atoms with Gasteiger partial charge in [-0.3, -0.25) is 0 Å². The third-order valence-electron chi connectivity index (χ3n) is 0.0904. The van der Waals surface area contributed by atoms with Crippen LogP contribution in [0.2, 0.25) is 0 Å². The first-order valence-electron chi connectivity index (χ1n) is 0.922. The molecular weight excluding hydrogens is 132 g/mol. The Hall–Kier alpha value is 0.830. The Labute approximate surface area is 45.6 Å². The molecule has 0 atom stereocenters. The van der Waals surface area contributed by atoms with Gasteiger partial charge in [0.05, 0.1) is 0 Å². The molecule has 0 aromatic rings. The van der Waals surface area contributed by atoms with E-state index in [1.165, 1.54) is 0 Å². The topological polar surface area (TPSA) is 3.24 Å². The lowest BCUT2D eigenvalue weighted by atomic mass is 11.5. The average Bonchev–Trinajstić information content (AvgIpc) is 1.38. The zero-order valence-electron chi connectivity index (χ0n) is 2.29. The van der Waals surface area contributed by atoms with E-state index in [1.807, 2.05) is 0 Å². The van der Waals surface area contributed by atoms with E-state index in [0.29, 0.717) is 0 Å². The van der Waals surface area contributed by atoms with E-state index in [-0.39, 0.29) is 6.00 Å². The van der Waals surface area contributed by atoms with Crippen molar-refractivity contribution in [3.63, 3.8) is 0 Å². The monoisotopic (exact) mass is 133 g/mol. The van der Waals surface area contributed by atoms with Crippen LogP contribution < -0.4 is 0 Å². The lowest BCUT2D eigenvalue weighted by Gasteiger charge is -1.88. The van der Waals surface area contributed by atoms with E-state index >= 15 is 0 Å². The zero-order chi connectivity index (χ0) is 4.28. The van der Waals surface area contributed by atoms with Gasteiger partial charge in [0, 0.05) is 0 Å². The molecule has 4 heteroatoms. The maximum absolute atomic E-state index is 5.00. The van der Waals surface area contributed by atoms with Gasteiger partial charge in [0.25, 0.3) is 0 Å². The third kappa shape index (κ3) is 4.83. The summed E-state index contributed by atoms with van der Waals surface area (Å²) in [5.41, 5.74) is 0. The van der Waals surface area contributed by atoms with Crippen LogP contribution in [0.4, 0.5) is 0 Å². The zero-order valence-corrected chi connectivity index (χ0v) is 4.56. The summed E-state index contributed by atoms with van der Waals surface area (Å²) in [5.74, 6) is 0. The molecule has 0 saturated heterocycles. The van der Waals surface area contributed by atoms with Gasteiger partial charge in [-0.1, -0.05) is 0 Å². The fraction of sp³-hybridized carbons (Fsp3) is 1.00. The lowest BCUT2D eigenvalue weighted by molar-refractivity contribution is 0.852. The standard InChI is InChI=1S/CH2Cl3N/c2-1-5(3)4/h1H2. The van der Waals surface area contributed by atoms with Gasteiger partial charge in [-0.25, -0.2) is 0 Å². The van der Waals surface area contributed by atoms with Crippen LogP contribution in [0.3, 0.4) is 0 Å². The van der Waals surface area contributed by atoms with Crippen LogP contribution in [0.1, 0.15) is 0 Å². The van der Waals surface area contributed by atoms with E-state index in [9.17, 15) is 0 Å². The molecular formula is CH2Cl3N. The fourth-order valence-corrected chi connectivity index (χ4v) is 0. The molecule has 0 aromatic carbocycles. The quantitative estimate of drug-likeness (QED) is 0.300. The number of nitrogens with zero attached hydrogens (tertiary/aromatic N) is 1. The van der Waals surface area contributed by atoms with E-state index in [2.05, 4.69) is 0 Å². The number of rotatable bonds is 1. The van der Waals surface area contributed by atoms with E-state index in [4.69, 9.17) is 35.2 Å². The SMILES string of the molecule is ClCN(Cl)Cl. The molecule has 0 spiro atoms. The second-order valence-electron chi connectivity index (χ2n) is 0.422. The third-order valence-corrected chi connectivity index (χ3v) is 0.813. The number of hydrogen-bond donors (Lipinski definition) is 0. The van der Waals surface area contributed by atoms with Crippen LogP contribution in [-0.4, -0.2) is 9.94 Å². The summed E-state index contributed by atoms with van der Waals surface area (Å²) in [6.07, 6.45) is 0. The van der Waals surface area contributed by atoms with Crippen molar-refractivity contribution in [3.05, 3.63) is 0 Å². The first kappa shape index (κ1) is 5.83. The molecule has 0 fully saturated rings. The molecule has 0 aliphatic carbocycles. The van der Waals surface area contributed by atoms with Crippen LogP contribution in [0.15, 0.2) is 0 Å². The number of halogens is 3. The highest BCUT2D eigenvalue weighted by Crippen LogP contribution is 1.97. The smallest absolute Gasteiger partial charge is 0.105 e. The lowest BCUT2D eigenvalue weighted by Crippen LogP contribution is -1.88. The van der Waals surface area contributed by atoms with E-state index in [1.54, 1.807) is 0 Å². The molecule has 0 aromatic heterocycles. The van der Waals surface area contributed by atoms with Crippen LogP contribution in [-0.2, 0) is 0 Å². The maximum atomic E-state index is 5.00. The molecule has 32 valence electrons. The highest BCUT2D eigenvalue weighted by Gasteiger charge is 1.82. The fourth-order valence-electron chi connectivity index (χ4n) is 0. The predicted molar refractivity (Wildman–Crippen MR) is 24.3 cm³/mol. The Bertz CT molecular complexity index is 20.9. The summed E-state index contributed by atoms with van der Waals surface area (Å²) in [6.45, 7) is 0. The Kier molecular flexibility index (Phi) is 3.54. The van der Waals surface area contributed by atoms with Crippen molar-refractivity contribution in [3.8, 4) is 0 Å². The van der Waals surface area contributed by atoms with E-state index in [0.717, 1.165) is 3.94 Å². The summed E-state index contributed by atoms with van der Waals surface area (Å²) in [4.78, 5) is 0. The summed E-state index contributed by atoms with van der Waals surface area (Å²) >= 11 is 14.9. The van der Waals surface area contributed by atoms with Crippen molar-refractivity contribution in [1.29, 1.82) is 0 Å². The Morgan fingerprint density at radius 1 is 1.40 bits per heavy atom. The first-order chi connectivity index (χ1) is 2.27. The number of alkyl halides is 1. The van der Waals surface area contributed by atoms with Crippen molar-refractivity contribution in [2.24, 2.45) is 0 Å². The highest BCUT2D eigenvalue weighted by molar-refractivity contribution is 6.37. The summed E-state index contributed by atoms with van der Waals surface area (Å²) in [6, 6.07) is 0.142. The van der Waals surface area contributed by atoms with Gasteiger partial charge < -0.3 is 0 Å². The second kappa shape index (κ2) is 3.04. The van der Waals surface area contributed by atoms with Gasteiger partial charge in [0.15, 0.2) is 0 Å². The molecule has 5 heavy (non-hydrogen) atoms. The summed E-state index contributed by atoms with van der Waals surface area (Å²) in [5, 5.41) is 0. The second-order valence-corrected chi connectivity index (χ2v) is 1.65. The predicted octanol–water partition coefficient (Wildman–Crippen LogP) is 1.79. The molecule has 0 bridgehead atoms. The van der Waals surface area contributed by atoms with Gasteiger partial charge in [0.1, 0.15) is 6.00 Å². The Balaban J connectivity index is 2.54. The summed E-state index contributed by atoms with van der Waals surface area (Å²) < 4.78 is 0.835. The van der Waals surface area contributed by atoms with Crippen molar-refractivity contribution >= 4 is 35.2 Å². The minimum absolute atomic E-state index is 0.142. The molecule has 0 amide bonds. The largest absolute Gasteiger partial charge is 0.117 e. The molecule has 1 nitrogen and oxygen atoms in total. The minimum Gasteiger partial charge on any atom is -0.117 e. The molecule has 0 heterocycles. The van der Waals surface area contributed by atoms with E-state index < -0.39 is 0 Å². The average molecular weight is 134 g/mol. The van der Waals surface area contributed by atoms with Gasteiger partial charge in [-0.15, -0.1) is 15.5 Å². The summed E-state index contributed by atoms with van der Waals surface area (Å²) in [7, 11) is 0. The molecule has 0 radical (unpaired) electrons. The highest BCUT2D eigenvalue weighted by atomic mass is 35.5. The Morgan fingerprint density at radius 2 is 1.60 bits per heavy atom. The molecule has 0 unspecified atom stereocenters. The number of hydrogen-bond acceptors (Lipinski definition) is 1. The van der Waals surface area contributed by atoms with Gasteiger partial charge >= 0.3 is 0 Å².